The highest BCUT2D eigenvalue weighted by Gasteiger charge is 1.97. The Labute approximate surface area is 73.8 Å². The van der Waals surface area contributed by atoms with Crippen LogP contribution in [0.1, 0.15) is 0 Å². The van der Waals surface area contributed by atoms with Gasteiger partial charge in [-0.15, -0.1) is 0 Å². The molecule has 0 saturated carbocycles. The van der Waals surface area contributed by atoms with Gasteiger partial charge in [-0.05, 0) is 0 Å². The molecule has 0 atom stereocenters. The Hall–Kier alpha value is -1.18. The number of aliphatic carboxylic acids is 2. The van der Waals surface area contributed by atoms with Gasteiger partial charge in [-0.25, -0.2) is 9.59 Å². The molecule has 0 unspecified atom stereocenters. The van der Waals surface area contributed by atoms with Gasteiger partial charge >= 0.3 is 11.9 Å². The lowest BCUT2D eigenvalue weighted by molar-refractivity contribution is -0.164. The molecule has 0 heterocycles. The Balaban J connectivity index is 3.00. The zero-order valence-electron chi connectivity index (χ0n) is 6.76. The molecule has 0 aliphatic rings. The molecule has 0 aliphatic carbocycles. The molecular formula is C6H10O7. The maximum atomic E-state index is 9.89. The van der Waals surface area contributed by atoms with Crippen LogP contribution in [-0.4, -0.2) is 49.0 Å². The molecule has 0 bridgehead atoms. The molecule has 0 aliphatic heterocycles. The van der Waals surface area contributed by atoms with Gasteiger partial charge in [0.2, 0.25) is 0 Å². The Bertz CT molecular complexity index is 148. The fourth-order valence-corrected chi connectivity index (χ4v) is 0.410. The summed E-state index contributed by atoms with van der Waals surface area (Å²) < 4.78 is 13.5. The predicted octanol–water partition coefficient (Wildman–Crippen LogP) is -0.880. The molecule has 0 radical (unpaired) electrons. The summed E-state index contributed by atoms with van der Waals surface area (Å²) in [6.07, 6.45) is 0. The summed E-state index contributed by atoms with van der Waals surface area (Å²) in [5.41, 5.74) is 0. The van der Waals surface area contributed by atoms with Gasteiger partial charge in [-0.2, -0.15) is 0 Å². The maximum absolute atomic E-state index is 9.89. The van der Waals surface area contributed by atoms with Crippen molar-refractivity contribution in [2.75, 3.05) is 26.8 Å². The Morgan fingerprint density at radius 3 is 1.54 bits per heavy atom. The molecule has 0 aromatic rings. The highest BCUT2D eigenvalue weighted by molar-refractivity contribution is 5.68. The SMILES string of the molecule is O=C(O)COCOCOCC(=O)O. The average Bonchev–Trinajstić information content (AvgIpc) is 2.01. The first-order valence-corrected chi connectivity index (χ1v) is 3.29. The number of carboxylic acids is 2. The van der Waals surface area contributed by atoms with E-state index in [-0.39, 0.29) is 13.6 Å². The largest absolute Gasteiger partial charge is 0.480 e. The second-order valence-corrected chi connectivity index (χ2v) is 1.92. The molecular weight excluding hydrogens is 184 g/mol. The van der Waals surface area contributed by atoms with Crippen molar-refractivity contribution in [1.82, 2.24) is 0 Å². The van der Waals surface area contributed by atoms with Crippen molar-refractivity contribution < 1.29 is 34.0 Å². The van der Waals surface area contributed by atoms with Crippen LogP contribution in [0.2, 0.25) is 0 Å². The van der Waals surface area contributed by atoms with E-state index in [9.17, 15) is 9.59 Å². The van der Waals surface area contributed by atoms with Gasteiger partial charge in [0, 0.05) is 0 Å². The second-order valence-electron chi connectivity index (χ2n) is 1.92. The van der Waals surface area contributed by atoms with Crippen molar-refractivity contribution in [3.63, 3.8) is 0 Å². The van der Waals surface area contributed by atoms with E-state index in [0.29, 0.717) is 0 Å². The van der Waals surface area contributed by atoms with E-state index in [1.54, 1.807) is 0 Å². The third-order valence-corrected chi connectivity index (χ3v) is 0.784. The van der Waals surface area contributed by atoms with Gasteiger partial charge in [0.05, 0.1) is 0 Å². The van der Waals surface area contributed by atoms with E-state index in [1.165, 1.54) is 0 Å². The van der Waals surface area contributed by atoms with Gasteiger partial charge < -0.3 is 24.4 Å². The minimum absolute atomic E-state index is 0.244. The molecule has 13 heavy (non-hydrogen) atoms. The van der Waals surface area contributed by atoms with E-state index in [1.807, 2.05) is 0 Å². The molecule has 0 amide bonds. The quantitative estimate of drug-likeness (QED) is 0.382. The number of hydrogen-bond donors (Lipinski definition) is 2. The van der Waals surface area contributed by atoms with E-state index >= 15 is 0 Å². The first kappa shape index (κ1) is 11.8. The van der Waals surface area contributed by atoms with Gasteiger partial charge in [-0.1, -0.05) is 0 Å². The zero-order valence-corrected chi connectivity index (χ0v) is 6.76. The normalized spacial score (nSPS) is 9.85. The van der Waals surface area contributed by atoms with Crippen LogP contribution in [0.15, 0.2) is 0 Å². The van der Waals surface area contributed by atoms with Crippen molar-refractivity contribution >= 4 is 11.9 Å². The first-order valence-electron chi connectivity index (χ1n) is 3.29. The topological polar surface area (TPSA) is 102 Å². The second kappa shape index (κ2) is 7.47. The summed E-state index contributed by atoms with van der Waals surface area (Å²) in [4.78, 5) is 19.8. The van der Waals surface area contributed by atoms with E-state index < -0.39 is 25.2 Å². The van der Waals surface area contributed by atoms with Crippen LogP contribution in [0.5, 0.6) is 0 Å². The van der Waals surface area contributed by atoms with Crippen LogP contribution < -0.4 is 0 Å². The van der Waals surface area contributed by atoms with Crippen LogP contribution in [0.25, 0.3) is 0 Å². The summed E-state index contributed by atoms with van der Waals surface area (Å²) in [6.45, 7) is -1.41. The smallest absolute Gasteiger partial charge is 0.329 e. The minimum atomic E-state index is -1.10. The first-order chi connectivity index (χ1) is 6.13. The summed E-state index contributed by atoms with van der Waals surface area (Å²) in [6, 6.07) is 0. The number of ether oxygens (including phenoxy) is 3. The maximum Gasteiger partial charge on any atom is 0.329 e. The lowest BCUT2D eigenvalue weighted by atomic mass is 10.7. The highest BCUT2D eigenvalue weighted by atomic mass is 16.7. The van der Waals surface area contributed by atoms with Crippen LogP contribution in [0.4, 0.5) is 0 Å². The summed E-state index contributed by atoms with van der Waals surface area (Å²) in [5, 5.41) is 16.2. The van der Waals surface area contributed by atoms with Gasteiger partial charge in [0.1, 0.15) is 26.8 Å². The van der Waals surface area contributed by atoms with Crippen molar-refractivity contribution in [1.29, 1.82) is 0 Å². The summed E-state index contributed by atoms with van der Waals surface area (Å²) in [7, 11) is 0. The number of hydrogen-bond acceptors (Lipinski definition) is 5. The molecule has 0 fully saturated rings. The Morgan fingerprint density at radius 2 is 1.23 bits per heavy atom. The Kier molecular flexibility index (Phi) is 6.79. The van der Waals surface area contributed by atoms with E-state index in [4.69, 9.17) is 10.2 Å². The van der Waals surface area contributed by atoms with Crippen LogP contribution >= 0.6 is 0 Å². The van der Waals surface area contributed by atoms with E-state index in [2.05, 4.69) is 14.2 Å². The third kappa shape index (κ3) is 10.8. The molecule has 0 saturated heterocycles. The predicted molar refractivity (Wildman–Crippen MR) is 38.0 cm³/mol. The molecule has 0 aromatic heterocycles. The van der Waals surface area contributed by atoms with Gasteiger partial charge in [0.25, 0.3) is 0 Å². The van der Waals surface area contributed by atoms with Crippen LogP contribution in [0, 0.1) is 0 Å². The highest BCUT2D eigenvalue weighted by Crippen LogP contribution is 1.81. The summed E-state index contributed by atoms with van der Waals surface area (Å²) in [5.74, 6) is -2.20. The molecule has 2 N–H and O–H groups in total. The monoisotopic (exact) mass is 194 g/mol. The lowest BCUT2D eigenvalue weighted by Crippen LogP contribution is -2.13. The Morgan fingerprint density at radius 1 is 0.846 bits per heavy atom. The summed E-state index contributed by atoms with van der Waals surface area (Å²) >= 11 is 0. The number of rotatable bonds is 8. The van der Waals surface area contributed by atoms with Gasteiger partial charge in [-0.3, -0.25) is 0 Å². The molecule has 0 spiro atoms. The minimum Gasteiger partial charge on any atom is -0.480 e. The van der Waals surface area contributed by atoms with Crippen LogP contribution in [0.3, 0.4) is 0 Å². The van der Waals surface area contributed by atoms with E-state index in [0.717, 1.165) is 0 Å². The van der Waals surface area contributed by atoms with Crippen molar-refractivity contribution in [2.45, 2.75) is 0 Å². The zero-order chi connectivity index (χ0) is 10.1. The van der Waals surface area contributed by atoms with Gasteiger partial charge in [0.15, 0.2) is 0 Å². The third-order valence-electron chi connectivity index (χ3n) is 0.784. The van der Waals surface area contributed by atoms with Crippen molar-refractivity contribution in [3.8, 4) is 0 Å². The lowest BCUT2D eigenvalue weighted by Gasteiger charge is -2.03. The van der Waals surface area contributed by atoms with Crippen LogP contribution in [-0.2, 0) is 23.8 Å². The standard InChI is InChI=1S/C6H10O7/c7-5(8)1-11-3-13-4-12-2-6(9)10/h1-4H2,(H,7,8)(H,9,10). The molecule has 7 heteroatoms. The number of carboxylic acid groups (broad SMARTS) is 2. The molecule has 76 valence electrons. The fraction of sp³-hybridized carbons (Fsp3) is 0.667. The average molecular weight is 194 g/mol. The number of carbonyl (C=O) groups is 2. The molecule has 0 rings (SSSR count). The van der Waals surface area contributed by atoms with Crippen molar-refractivity contribution in [3.05, 3.63) is 0 Å². The fourth-order valence-electron chi connectivity index (χ4n) is 0.410. The molecule has 7 nitrogen and oxygen atoms in total. The molecule has 0 aromatic carbocycles. The van der Waals surface area contributed by atoms with Crippen molar-refractivity contribution in [2.24, 2.45) is 0 Å².